The van der Waals surface area contributed by atoms with Crippen molar-refractivity contribution in [3.8, 4) is 0 Å². The summed E-state index contributed by atoms with van der Waals surface area (Å²) >= 11 is 0. The van der Waals surface area contributed by atoms with Crippen molar-refractivity contribution in [1.82, 2.24) is 5.32 Å². The van der Waals surface area contributed by atoms with Crippen LogP contribution in [0.2, 0.25) is 0 Å². The molecule has 184 valence electrons. The van der Waals surface area contributed by atoms with Gasteiger partial charge >= 0.3 is 5.97 Å². The van der Waals surface area contributed by atoms with Gasteiger partial charge in [0.1, 0.15) is 0 Å². The number of carbonyl (C=O) groups is 1. The number of carbonyl (C=O) groups excluding carboxylic acids is 1. The van der Waals surface area contributed by atoms with Gasteiger partial charge in [-0.2, -0.15) is 0 Å². The third-order valence-electron chi connectivity index (χ3n) is 11.1. The molecule has 0 aromatic carbocycles. The Morgan fingerprint density at radius 3 is 2.56 bits per heavy atom. The summed E-state index contributed by atoms with van der Waals surface area (Å²) in [6, 6.07) is 0.570. The molecule has 5 nitrogen and oxygen atoms in total. The van der Waals surface area contributed by atoms with E-state index in [1.165, 1.54) is 52.1 Å². The van der Waals surface area contributed by atoms with Crippen molar-refractivity contribution in [3.05, 3.63) is 0 Å². The Kier molecular flexibility index (Phi) is 7.30. The van der Waals surface area contributed by atoms with Gasteiger partial charge in [-0.25, -0.2) is 0 Å². The molecule has 4 aliphatic rings. The fourth-order valence-electron chi connectivity index (χ4n) is 9.32. The van der Waals surface area contributed by atoms with E-state index in [4.69, 9.17) is 10.5 Å². The van der Waals surface area contributed by atoms with Crippen molar-refractivity contribution in [3.63, 3.8) is 0 Å². The van der Waals surface area contributed by atoms with E-state index in [0.29, 0.717) is 65.3 Å². The van der Waals surface area contributed by atoms with Crippen LogP contribution in [0.1, 0.15) is 85.0 Å². The lowest BCUT2D eigenvalue weighted by Gasteiger charge is -2.62. The van der Waals surface area contributed by atoms with Crippen molar-refractivity contribution < 1.29 is 14.6 Å². The van der Waals surface area contributed by atoms with Crippen LogP contribution in [-0.2, 0) is 9.53 Å². The summed E-state index contributed by atoms with van der Waals surface area (Å²) in [4.78, 5) is 11.7. The van der Waals surface area contributed by atoms with Crippen molar-refractivity contribution in [2.24, 2.45) is 52.1 Å². The average Bonchev–Trinajstić information content (AvgIpc) is 3.13. The molecule has 0 amide bonds. The molecule has 0 spiro atoms. The predicted molar refractivity (Wildman–Crippen MR) is 128 cm³/mol. The van der Waals surface area contributed by atoms with E-state index >= 15 is 0 Å². The average molecular weight is 449 g/mol. The van der Waals surface area contributed by atoms with Gasteiger partial charge in [-0.05, 0) is 104 Å². The molecule has 32 heavy (non-hydrogen) atoms. The summed E-state index contributed by atoms with van der Waals surface area (Å²) in [6.45, 7) is 9.03. The summed E-state index contributed by atoms with van der Waals surface area (Å²) in [5, 5.41) is 15.2. The molecule has 4 N–H and O–H groups in total. The lowest BCUT2D eigenvalue weighted by molar-refractivity contribution is -0.167. The Balaban J connectivity index is 1.48. The first-order chi connectivity index (χ1) is 15.2. The molecule has 0 aromatic rings. The summed E-state index contributed by atoms with van der Waals surface area (Å²) in [5.74, 6) is 3.49. The van der Waals surface area contributed by atoms with Gasteiger partial charge in [-0.15, -0.1) is 0 Å². The fourth-order valence-corrected chi connectivity index (χ4v) is 9.32. The highest BCUT2D eigenvalue weighted by molar-refractivity contribution is 5.69. The van der Waals surface area contributed by atoms with E-state index < -0.39 is 0 Å². The summed E-state index contributed by atoms with van der Waals surface area (Å²) in [7, 11) is 1.49. The number of hydrogen-bond acceptors (Lipinski definition) is 5. The number of aliphatic hydroxyl groups excluding tert-OH is 1. The third kappa shape index (κ3) is 4.15. The summed E-state index contributed by atoms with van der Waals surface area (Å²) in [5.41, 5.74) is 6.40. The highest BCUT2D eigenvalue weighted by Gasteiger charge is 2.62. The number of fused-ring (bicyclic) bond motifs is 5. The van der Waals surface area contributed by atoms with Gasteiger partial charge in [-0.1, -0.05) is 20.8 Å². The molecule has 4 aliphatic carbocycles. The van der Waals surface area contributed by atoms with Crippen LogP contribution in [0.3, 0.4) is 0 Å². The van der Waals surface area contributed by atoms with E-state index in [1.54, 1.807) is 0 Å². The normalized spacial score (nSPS) is 46.6. The lowest BCUT2D eigenvalue weighted by Crippen LogP contribution is -2.59. The molecule has 10 atom stereocenters. The van der Waals surface area contributed by atoms with Crippen LogP contribution in [-0.4, -0.2) is 43.4 Å². The van der Waals surface area contributed by atoms with E-state index in [1.807, 2.05) is 0 Å². The van der Waals surface area contributed by atoms with Crippen molar-refractivity contribution >= 4 is 5.97 Å². The second kappa shape index (κ2) is 9.54. The maximum atomic E-state index is 11.7. The number of rotatable bonds is 7. The minimum absolute atomic E-state index is 0.0847. The van der Waals surface area contributed by atoms with Crippen molar-refractivity contribution in [1.29, 1.82) is 0 Å². The Hall–Kier alpha value is -0.650. The zero-order valence-electron chi connectivity index (χ0n) is 20.9. The molecule has 0 radical (unpaired) electrons. The van der Waals surface area contributed by atoms with Crippen molar-refractivity contribution in [2.75, 3.05) is 20.2 Å². The Bertz CT molecular complexity index is 671. The van der Waals surface area contributed by atoms with Gasteiger partial charge < -0.3 is 20.9 Å². The Morgan fingerprint density at radius 1 is 1.12 bits per heavy atom. The van der Waals surface area contributed by atoms with E-state index in [2.05, 4.69) is 26.1 Å². The second-order valence-corrected chi connectivity index (χ2v) is 12.3. The van der Waals surface area contributed by atoms with Crippen LogP contribution < -0.4 is 11.1 Å². The molecule has 0 bridgehead atoms. The van der Waals surface area contributed by atoms with Crippen LogP contribution in [0.25, 0.3) is 0 Å². The molecule has 3 unspecified atom stereocenters. The lowest BCUT2D eigenvalue weighted by atomic mass is 9.43. The molecular weight excluding hydrogens is 400 g/mol. The molecule has 4 fully saturated rings. The number of nitrogens with one attached hydrogen (secondary N) is 1. The molecule has 0 aromatic heterocycles. The standard InChI is InChI=1S/C27H48N2O3/c1-17(5-8-24(31)32-4)20-6-7-21-25-22(10-12-27(20,21)3)26(2)11-9-19(29-14-13-28)15-18(26)16-23(25)30/h17-23,25,29-30H,5-16,28H2,1-4H3/t17-,18-,19+,20-,21?,22?,23-,25?,26+,27-/m1/s1. The van der Waals surface area contributed by atoms with Gasteiger partial charge in [0.15, 0.2) is 0 Å². The summed E-state index contributed by atoms with van der Waals surface area (Å²) < 4.78 is 4.89. The number of hydrogen-bond donors (Lipinski definition) is 3. The predicted octanol–water partition coefficient (Wildman–Crippen LogP) is 4.12. The first kappa shape index (κ1) is 24.5. The topological polar surface area (TPSA) is 84.6 Å². The number of aliphatic hydroxyl groups is 1. The zero-order chi connectivity index (χ0) is 23.1. The van der Waals surface area contributed by atoms with Crippen molar-refractivity contribution in [2.45, 2.75) is 97.1 Å². The Labute approximate surface area is 195 Å². The van der Waals surface area contributed by atoms with E-state index in [0.717, 1.165) is 19.4 Å². The largest absolute Gasteiger partial charge is 0.469 e. The minimum atomic E-state index is -0.153. The highest BCUT2D eigenvalue weighted by atomic mass is 16.5. The monoisotopic (exact) mass is 448 g/mol. The van der Waals surface area contributed by atoms with E-state index in [-0.39, 0.29) is 12.1 Å². The quantitative estimate of drug-likeness (QED) is 0.510. The number of nitrogens with two attached hydrogens (primary N) is 1. The van der Waals surface area contributed by atoms with Crippen LogP contribution in [0.5, 0.6) is 0 Å². The molecule has 4 rings (SSSR count). The zero-order valence-corrected chi connectivity index (χ0v) is 20.9. The van der Waals surface area contributed by atoms with Gasteiger partial charge in [-0.3, -0.25) is 4.79 Å². The van der Waals surface area contributed by atoms with Gasteiger partial charge in [0.25, 0.3) is 0 Å². The number of ether oxygens (including phenoxy) is 1. The number of methoxy groups -OCH3 is 1. The fraction of sp³-hybridized carbons (Fsp3) is 0.963. The highest BCUT2D eigenvalue weighted by Crippen LogP contribution is 2.68. The summed E-state index contributed by atoms with van der Waals surface area (Å²) in [6.07, 6.45) is 11.1. The molecule has 0 aliphatic heterocycles. The van der Waals surface area contributed by atoms with Gasteiger partial charge in [0.05, 0.1) is 13.2 Å². The molecular formula is C27H48N2O3. The smallest absolute Gasteiger partial charge is 0.305 e. The SMILES string of the molecule is COC(=O)CC[C@@H](C)[C@H]1CCC2C3C(CC[C@@]21C)[C@@]1(C)CC[C@H](NCCN)C[C@@H]1C[C@H]3O. The van der Waals surface area contributed by atoms with Crippen LogP contribution in [0, 0.1) is 46.3 Å². The van der Waals surface area contributed by atoms with Gasteiger partial charge in [0.2, 0.25) is 0 Å². The number of esters is 1. The van der Waals surface area contributed by atoms with Crippen LogP contribution in [0.4, 0.5) is 0 Å². The second-order valence-electron chi connectivity index (χ2n) is 12.3. The van der Waals surface area contributed by atoms with E-state index in [9.17, 15) is 9.90 Å². The molecule has 4 saturated carbocycles. The minimum Gasteiger partial charge on any atom is -0.469 e. The molecule has 5 heteroatoms. The third-order valence-corrected chi connectivity index (χ3v) is 11.1. The van der Waals surface area contributed by atoms with Crippen LogP contribution in [0.15, 0.2) is 0 Å². The maximum absolute atomic E-state index is 11.7. The molecule has 0 saturated heterocycles. The maximum Gasteiger partial charge on any atom is 0.305 e. The first-order valence-corrected chi connectivity index (χ1v) is 13.4. The first-order valence-electron chi connectivity index (χ1n) is 13.4. The van der Waals surface area contributed by atoms with Crippen LogP contribution >= 0.6 is 0 Å². The van der Waals surface area contributed by atoms with Gasteiger partial charge in [0, 0.05) is 25.6 Å². The Morgan fingerprint density at radius 2 is 1.84 bits per heavy atom. The molecule has 0 heterocycles.